The molecule has 1 aliphatic rings. The average molecular weight is 355 g/mol. The van der Waals surface area contributed by atoms with E-state index in [2.05, 4.69) is 0 Å². The summed E-state index contributed by atoms with van der Waals surface area (Å²) in [5, 5.41) is 0. The summed E-state index contributed by atoms with van der Waals surface area (Å²) < 4.78 is 32.1. The molecular formula is C16H25N3O4S. The molecule has 24 heavy (non-hydrogen) atoms. The second-order valence-corrected chi connectivity index (χ2v) is 8.07. The highest BCUT2D eigenvalue weighted by Crippen LogP contribution is 2.19. The summed E-state index contributed by atoms with van der Waals surface area (Å²) >= 11 is 0. The van der Waals surface area contributed by atoms with E-state index in [1.54, 1.807) is 18.2 Å². The fourth-order valence-electron chi connectivity index (χ4n) is 2.60. The van der Waals surface area contributed by atoms with Crippen LogP contribution in [-0.2, 0) is 26.1 Å². The molecule has 0 aromatic heterocycles. The smallest absolute Gasteiger partial charge is 0.243 e. The van der Waals surface area contributed by atoms with Crippen LogP contribution < -0.4 is 5.73 Å². The maximum atomic E-state index is 12.7. The summed E-state index contributed by atoms with van der Waals surface area (Å²) in [4.78, 5) is 13.4. The van der Waals surface area contributed by atoms with Crippen LogP contribution in [0.25, 0.3) is 0 Å². The van der Waals surface area contributed by atoms with Gasteiger partial charge in [-0.1, -0.05) is 12.1 Å². The first-order chi connectivity index (χ1) is 11.3. The van der Waals surface area contributed by atoms with E-state index in [0.717, 1.165) is 5.56 Å². The number of hydrogen-bond donors (Lipinski definition) is 1. The minimum atomic E-state index is -3.52. The molecule has 8 heteroatoms. The summed E-state index contributed by atoms with van der Waals surface area (Å²) in [6.45, 7) is 6.11. The Kier molecular flexibility index (Phi) is 6.34. The van der Waals surface area contributed by atoms with Crippen LogP contribution in [0.4, 0.5) is 0 Å². The van der Waals surface area contributed by atoms with E-state index in [1.165, 1.54) is 4.31 Å². The molecule has 0 bridgehead atoms. The van der Waals surface area contributed by atoms with Crippen molar-refractivity contribution in [2.24, 2.45) is 5.73 Å². The number of rotatable bonds is 7. The maximum absolute atomic E-state index is 12.7. The summed E-state index contributed by atoms with van der Waals surface area (Å²) in [7, 11) is -3.52. The van der Waals surface area contributed by atoms with Gasteiger partial charge in [0.05, 0.1) is 24.7 Å². The van der Waals surface area contributed by atoms with Crippen molar-refractivity contribution in [1.29, 1.82) is 0 Å². The third kappa shape index (κ3) is 4.76. The minimum absolute atomic E-state index is 0.122. The van der Waals surface area contributed by atoms with Gasteiger partial charge in [-0.2, -0.15) is 4.31 Å². The molecule has 2 N–H and O–H groups in total. The standard InChI is InChI=1S/C16H25N3O4S/c1-13(2)18(12-16(17)20)11-14-4-3-5-15(10-14)24(21,22)19-6-8-23-9-7-19/h3-5,10,13H,6-9,11-12H2,1-2H3,(H2,17,20). The fraction of sp³-hybridized carbons (Fsp3) is 0.562. The minimum Gasteiger partial charge on any atom is -0.379 e. The number of hydrogen-bond acceptors (Lipinski definition) is 5. The van der Waals surface area contributed by atoms with E-state index in [4.69, 9.17) is 10.5 Å². The molecule has 0 radical (unpaired) electrons. The third-order valence-electron chi connectivity index (χ3n) is 3.98. The fourth-order valence-corrected chi connectivity index (χ4v) is 4.07. The first kappa shape index (κ1) is 18.9. The maximum Gasteiger partial charge on any atom is 0.243 e. The van der Waals surface area contributed by atoms with Gasteiger partial charge in [-0.15, -0.1) is 0 Å². The highest BCUT2D eigenvalue weighted by molar-refractivity contribution is 7.89. The van der Waals surface area contributed by atoms with Gasteiger partial charge in [0.1, 0.15) is 0 Å². The van der Waals surface area contributed by atoms with Crippen molar-refractivity contribution in [1.82, 2.24) is 9.21 Å². The van der Waals surface area contributed by atoms with Gasteiger partial charge in [0.25, 0.3) is 0 Å². The lowest BCUT2D eigenvalue weighted by atomic mass is 10.2. The topological polar surface area (TPSA) is 92.9 Å². The van der Waals surface area contributed by atoms with Gasteiger partial charge in [-0.05, 0) is 31.5 Å². The number of nitrogens with zero attached hydrogens (tertiary/aromatic N) is 2. The van der Waals surface area contributed by atoms with E-state index >= 15 is 0 Å². The zero-order chi connectivity index (χ0) is 17.7. The summed E-state index contributed by atoms with van der Waals surface area (Å²) in [5.41, 5.74) is 6.12. The van der Waals surface area contributed by atoms with Crippen molar-refractivity contribution < 1.29 is 17.9 Å². The molecule has 7 nitrogen and oxygen atoms in total. The summed E-state index contributed by atoms with van der Waals surface area (Å²) in [6.07, 6.45) is 0. The number of amides is 1. The first-order valence-corrected chi connectivity index (χ1v) is 9.44. The molecule has 1 amide bonds. The first-order valence-electron chi connectivity index (χ1n) is 8.00. The molecule has 0 unspecified atom stereocenters. The predicted octanol–water partition coefficient (Wildman–Crippen LogP) is 0.403. The van der Waals surface area contributed by atoms with Gasteiger partial charge in [-0.3, -0.25) is 9.69 Å². The number of nitrogens with two attached hydrogens (primary N) is 1. The Hall–Kier alpha value is -1.48. The monoisotopic (exact) mass is 355 g/mol. The van der Waals surface area contributed by atoms with Crippen LogP contribution in [0.3, 0.4) is 0 Å². The SMILES string of the molecule is CC(C)N(CC(N)=O)Cc1cccc(S(=O)(=O)N2CCOCC2)c1. The lowest BCUT2D eigenvalue weighted by Gasteiger charge is -2.27. The molecule has 1 heterocycles. The Morgan fingerprint density at radius 3 is 2.58 bits per heavy atom. The van der Waals surface area contributed by atoms with Gasteiger partial charge in [0, 0.05) is 25.7 Å². The Labute approximate surface area is 143 Å². The average Bonchev–Trinajstić information content (AvgIpc) is 2.55. The van der Waals surface area contributed by atoms with Gasteiger partial charge in [-0.25, -0.2) is 8.42 Å². The number of sulfonamides is 1. The van der Waals surface area contributed by atoms with Crippen molar-refractivity contribution in [2.75, 3.05) is 32.8 Å². The predicted molar refractivity (Wildman–Crippen MR) is 90.8 cm³/mol. The highest BCUT2D eigenvalue weighted by atomic mass is 32.2. The van der Waals surface area contributed by atoms with Gasteiger partial charge < -0.3 is 10.5 Å². The van der Waals surface area contributed by atoms with Crippen LogP contribution in [0.5, 0.6) is 0 Å². The van der Waals surface area contributed by atoms with Crippen LogP contribution in [0.2, 0.25) is 0 Å². The molecule has 1 saturated heterocycles. The molecule has 0 spiro atoms. The van der Waals surface area contributed by atoms with E-state index in [0.29, 0.717) is 32.8 Å². The molecule has 1 fully saturated rings. The largest absolute Gasteiger partial charge is 0.379 e. The Morgan fingerprint density at radius 2 is 2.00 bits per heavy atom. The second-order valence-electron chi connectivity index (χ2n) is 6.13. The lowest BCUT2D eigenvalue weighted by Crippen LogP contribution is -2.40. The Bertz CT molecular complexity index is 670. The second kappa shape index (κ2) is 8.06. The van der Waals surface area contributed by atoms with Gasteiger partial charge in [0.2, 0.25) is 15.9 Å². The lowest BCUT2D eigenvalue weighted by molar-refractivity contribution is -0.119. The van der Waals surface area contributed by atoms with E-state index in [9.17, 15) is 13.2 Å². The molecule has 2 rings (SSSR count). The molecule has 0 saturated carbocycles. The van der Waals surface area contributed by atoms with Gasteiger partial charge >= 0.3 is 0 Å². The van der Waals surface area contributed by atoms with E-state index in [1.807, 2.05) is 24.8 Å². The van der Waals surface area contributed by atoms with E-state index in [-0.39, 0.29) is 17.5 Å². The van der Waals surface area contributed by atoms with Crippen molar-refractivity contribution in [3.8, 4) is 0 Å². The van der Waals surface area contributed by atoms with Crippen molar-refractivity contribution in [3.05, 3.63) is 29.8 Å². The number of carbonyl (C=O) groups is 1. The number of morpholine rings is 1. The number of benzene rings is 1. The molecule has 0 atom stereocenters. The van der Waals surface area contributed by atoms with Crippen molar-refractivity contribution >= 4 is 15.9 Å². The zero-order valence-corrected chi connectivity index (χ0v) is 15.0. The van der Waals surface area contributed by atoms with Crippen LogP contribution >= 0.6 is 0 Å². The third-order valence-corrected chi connectivity index (χ3v) is 5.88. The zero-order valence-electron chi connectivity index (χ0n) is 14.1. The molecule has 1 aromatic rings. The van der Waals surface area contributed by atoms with Crippen LogP contribution in [0, 0.1) is 0 Å². The summed E-state index contributed by atoms with van der Waals surface area (Å²) in [5.74, 6) is -0.402. The number of primary amides is 1. The summed E-state index contributed by atoms with van der Waals surface area (Å²) in [6, 6.07) is 6.97. The van der Waals surface area contributed by atoms with Crippen molar-refractivity contribution in [2.45, 2.75) is 31.3 Å². The molecule has 1 aromatic carbocycles. The normalized spacial score (nSPS) is 16.7. The Balaban J connectivity index is 2.20. The molecule has 0 aliphatic carbocycles. The van der Waals surface area contributed by atoms with Gasteiger partial charge in [0.15, 0.2) is 0 Å². The number of ether oxygens (including phenoxy) is 1. The highest BCUT2D eigenvalue weighted by Gasteiger charge is 2.26. The van der Waals surface area contributed by atoms with E-state index < -0.39 is 15.9 Å². The molecule has 134 valence electrons. The van der Waals surface area contributed by atoms with Crippen LogP contribution in [0.1, 0.15) is 19.4 Å². The van der Waals surface area contributed by atoms with Crippen LogP contribution in [-0.4, -0.2) is 62.4 Å². The molecular weight excluding hydrogens is 330 g/mol. The Morgan fingerprint density at radius 1 is 1.33 bits per heavy atom. The van der Waals surface area contributed by atoms with Crippen molar-refractivity contribution in [3.63, 3.8) is 0 Å². The quantitative estimate of drug-likeness (QED) is 0.764. The van der Waals surface area contributed by atoms with Crippen LogP contribution in [0.15, 0.2) is 29.2 Å². The molecule has 1 aliphatic heterocycles. The number of carbonyl (C=O) groups excluding carboxylic acids is 1.